The topological polar surface area (TPSA) is 79.3 Å². The molecule has 1 spiro atoms. The number of carbonyl (C=O) groups excluding carboxylic acids is 2. The molecule has 2 N–H and O–H groups in total. The van der Waals surface area contributed by atoms with Gasteiger partial charge in [0, 0.05) is 18.8 Å². The minimum atomic E-state index is -0.646. The van der Waals surface area contributed by atoms with Crippen LogP contribution in [0.3, 0.4) is 0 Å². The van der Waals surface area contributed by atoms with Crippen molar-refractivity contribution in [2.75, 3.05) is 23.7 Å². The molecular weight excluding hydrogens is 342 g/mol. The van der Waals surface area contributed by atoms with Gasteiger partial charge in [-0.15, -0.1) is 0 Å². The highest BCUT2D eigenvalue weighted by Gasteiger charge is 2.45. The summed E-state index contributed by atoms with van der Waals surface area (Å²) in [4.78, 5) is 27.5. The number of aryl methyl sites for hydroxylation is 2. The first-order valence-corrected chi connectivity index (χ1v) is 9.40. The zero-order valence-corrected chi connectivity index (χ0v) is 16.0. The highest BCUT2D eigenvalue weighted by molar-refractivity contribution is 6.06. The summed E-state index contributed by atoms with van der Waals surface area (Å²) in [6.45, 7) is 6.86. The van der Waals surface area contributed by atoms with Gasteiger partial charge in [-0.05, 0) is 51.8 Å². The monoisotopic (exact) mass is 367 g/mol. The van der Waals surface area contributed by atoms with Gasteiger partial charge in [0.2, 0.25) is 11.8 Å². The van der Waals surface area contributed by atoms with E-state index >= 15 is 0 Å². The lowest BCUT2D eigenvalue weighted by Crippen LogP contribution is -2.59. The number of fused-ring (bicyclic) bond motifs is 1. The normalized spacial score (nSPS) is 19.2. The van der Waals surface area contributed by atoms with Crippen molar-refractivity contribution in [3.05, 3.63) is 41.7 Å². The SMILES string of the molecule is Cc1cc(C)n([C@H](C)C(=O)N2CCC3(CC2)Nc2ccccc2NC3=O)n1. The van der Waals surface area contributed by atoms with E-state index in [-0.39, 0.29) is 17.9 Å². The predicted molar refractivity (Wildman–Crippen MR) is 104 cm³/mol. The van der Waals surface area contributed by atoms with Crippen molar-refractivity contribution < 1.29 is 9.59 Å². The highest BCUT2D eigenvalue weighted by Crippen LogP contribution is 2.36. The first-order valence-electron chi connectivity index (χ1n) is 9.40. The Labute approximate surface area is 158 Å². The Hall–Kier alpha value is -2.83. The second-order valence-corrected chi connectivity index (χ2v) is 7.58. The molecule has 4 rings (SSSR count). The van der Waals surface area contributed by atoms with Gasteiger partial charge >= 0.3 is 0 Å². The Kier molecular flexibility index (Phi) is 4.17. The number of benzene rings is 1. The molecule has 27 heavy (non-hydrogen) atoms. The zero-order valence-electron chi connectivity index (χ0n) is 16.0. The summed E-state index contributed by atoms with van der Waals surface area (Å²) in [7, 11) is 0. The van der Waals surface area contributed by atoms with Crippen LogP contribution in [0.25, 0.3) is 0 Å². The number of nitrogens with one attached hydrogen (secondary N) is 2. The molecule has 2 amide bonds. The number of hydrogen-bond acceptors (Lipinski definition) is 4. The number of hydrogen-bond donors (Lipinski definition) is 2. The summed E-state index contributed by atoms with van der Waals surface area (Å²) in [5.74, 6) is 0.0348. The molecule has 0 unspecified atom stereocenters. The third-order valence-electron chi connectivity index (χ3n) is 5.68. The molecule has 2 aliphatic heterocycles. The summed E-state index contributed by atoms with van der Waals surface area (Å²) in [6, 6.07) is 9.34. The number of nitrogens with zero attached hydrogens (tertiary/aromatic N) is 3. The summed E-state index contributed by atoms with van der Waals surface area (Å²) in [6.07, 6.45) is 1.17. The quantitative estimate of drug-likeness (QED) is 0.855. The molecule has 2 aromatic rings. The molecule has 1 aromatic heterocycles. The summed E-state index contributed by atoms with van der Waals surface area (Å²) in [5.41, 5.74) is 2.99. The molecule has 2 aliphatic rings. The Morgan fingerprint density at radius 3 is 2.48 bits per heavy atom. The maximum absolute atomic E-state index is 13.0. The van der Waals surface area contributed by atoms with Crippen molar-refractivity contribution in [3.8, 4) is 0 Å². The van der Waals surface area contributed by atoms with Crippen molar-refractivity contribution in [3.63, 3.8) is 0 Å². The van der Waals surface area contributed by atoms with E-state index in [0.717, 1.165) is 22.8 Å². The highest BCUT2D eigenvalue weighted by atomic mass is 16.2. The lowest BCUT2D eigenvalue weighted by Gasteiger charge is -2.44. The number of carbonyl (C=O) groups is 2. The van der Waals surface area contributed by atoms with E-state index in [0.29, 0.717) is 25.9 Å². The molecule has 0 radical (unpaired) electrons. The van der Waals surface area contributed by atoms with Crippen molar-refractivity contribution in [2.45, 2.75) is 45.2 Å². The van der Waals surface area contributed by atoms with Crippen molar-refractivity contribution >= 4 is 23.2 Å². The van der Waals surface area contributed by atoms with Gasteiger partial charge in [-0.2, -0.15) is 5.10 Å². The molecule has 0 aliphatic carbocycles. The molecule has 1 atom stereocenters. The Balaban J connectivity index is 1.47. The van der Waals surface area contributed by atoms with Crippen LogP contribution in [0.4, 0.5) is 11.4 Å². The molecule has 0 saturated carbocycles. The molecule has 1 fully saturated rings. The van der Waals surface area contributed by atoms with Gasteiger partial charge in [0.05, 0.1) is 17.1 Å². The van der Waals surface area contributed by atoms with Gasteiger partial charge < -0.3 is 15.5 Å². The zero-order chi connectivity index (χ0) is 19.2. The van der Waals surface area contributed by atoms with Crippen LogP contribution in [0.1, 0.15) is 37.2 Å². The van der Waals surface area contributed by atoms with E-state index < -0.39 is 5.54 Å². The van der Waals surface area contributed by atoms with Gasteiger partial charge in [-0.25, -0.2) is 0 Å². The third kappa shape index (κ3) is 2.97. The van der Waals surface area contributed by atoms with E-state index in [2.05, 4.69) is 15.7 Å². The van der Waals surface area contributed by atoms with E-state index in [9.17, 15) is 9.59 Å². The van der Waals surface area contributed by atoms with Crippen molar-refractivity contribution in [2.24, 2.45) is 0 Å². The first-order chi connectivity index (χ1) is 12.9. The fraction of sp³-hybridized carbons (Fsp3) is 0.450. The fourth-order valence-electron chi connectivity index (χ4n) is 4.13. The number of para-hydroxylation sites is 2. The molecule has 7 heteroatoms. The largest absolute Gasteiger partial charge is 0.369 e. The Morgan fingerprint density at radius 2 is 1.85 bits per heavy atom. The van der Waals surface area contributed by atoms with E-state index in [1.165, 1.54) is 0 Å². The van der Waals surface area contributed by atoms with E-state index in [4.69, 9.17) is 0 Å². The van der Waals surface area contributed by atoms with Crippen molar-refractivity contribution in [1.82, 2.24) is 14.7 Å². The first kappa shape index (κ1) is 17.6. The van der Waals surface area contributed by atoms with Gasteiger partial charge in [0.1, 0.15) is 11.6 Å². The van der Waals surface area contributed by atoms with Crippen LogP contribution in [-0.4, -0.2) is 45.1 Å². The predicted octanol–water partition coefficient (Wildman–Crippen LogP) is 2.49. The number of likely N-dealkylation sites (tertiary alicyclic amines) is 1. The molecule has 142 valence electrons. The maximum Gasteiger partial charge on any atom is 0.250 e. The van der Waals surface area contributed by atoms with Gasteiger partial charge in [-0.1, -0.05) is 12.1 Å². The van der Waals surface area contributed by atoms with Crippen LogP contribution >= 0.6 is 0 Å². The maximum atomic E-state index is 13.0. The second kappa shape index (κ2) is 6.40. The van der Waals surface area contributed by atoms with Crippen LogP contribution in [0.5, 0.6) is 0 Å². The minimum absolute atomic E-state index is 0.0140. The van der Waals surface area contributed by atoms with Crippen molar-refractivity contribution in [1.29, 1.82) is 0 Å². The molecule has 1 aromatic carbocycles. The molecule has 0 bridgehead atoms. The lowest BCUT2D eigenvalue weighted by atomic mass is 9.84. The summed E-state index contributed by atoms with van der Waals surface area (Å²) >= 11 is 0. The fourth-order valence-corrected chi connectivity index (χ4v) is 4.13. The number of piperidine rings is 1. The number of amides is 2. The molecule has 7 nitrogen and oxygen atoms in total. The summed E-state index contributed by atoms with van der Waals surface area (Å²) in [5, 5.41) is 10.9. The second-order valence-electron chi connectivity index (χ2n) is 7.58. The molecular formula is C20H25N5O2. The van der Waals surface area contributed by atoms with E-state index in [1.54, 1.807) is 4.68 Å². The standard InChI is InChI=1S/C20H25N5O2/c1-13-12-14(2)25(23-13)15(3)18(26)24-10-8-20(9-11-24)19(27)21-16-6-4-5-7-17(16)22-20/h4-7,12,15,22H,8-11H2,1-3H3,(H,21,27)/t15-/m1/s1. The average molecular weight is 367 g/mol. The smallest absolute Gasteiger partial charge is 0.250 e. The average Bonchev–Trinajstić information content (AvgIpc) is 3.00. The summed E-state index contributed by atoms with van der Waals surface area (Å²) < 4.78 is 1.78. The van der Waals surface area contributed by atoms with Gasteiger partial charge in [0.25, 0.3) is 0 Å². The number of anilines is 2. The molecule has 3 heterocycles. The minimum Gasteiger partial charge on any atom is -0.369 e. The number of rotatable bonds is 2. The lowest BCUT2D eigenvalue weighted by molar-refractivity contribution is -0.137. The Bertz CT molecular complexity index is 896. The van der Waals surface area contributed by atoms with Crippen LogP contribution in [0.15, 0.2) is 30.3 Å². The van der Waals surface area contributed by atoms with Crippen LogP contribution < -0.4 is 10.6 Å². The van der Waals surface area contributed by atoms with Crippen LogP contribution in [0.2, 0.25) is 0 Å². The Morgan fingerprint density at radius 1 is 1.19 bits per heavy atom. The van der Waals surface area contributed by atoms with E-state index in [1.807, 2.05) is 56.0 Å². The van der Waals surface area contributed by atoms with Gasteiger partial charge in [-0.3, -0.25) is 14.3 Å². The van der Waals surface area contributed by atoms with Gasteiger partial charge in [0.15, 0.2) is 0 Å². The molecule has 1 saturated heterocycles. The number of aromatic nitrogens is 2. The third-order valence-corrected chi connectivity index (χ3v) is 5.68. The van der Waals surface area contributed by atoms with Crippen LogP contribution in [-0.2, 0) is 9.59 Å². The van der Waals surface area contributed by atoms with Crippen LogP contribution in [0, 0.1) is 13.8 Å².